The van der Waals surface area contributed by atoms with Gasteiger partial charge in [-0.1, -0.05) is 32.4 Å². The predicted molar refractivity (Wildman–Crippen MR) is 87.4 cm³/mol. The van der Waals surface area contributed by atoms with Crippen molar-refractivity contribution in [2.24, 2.45) is 11.7 Å². The Kier molecular flexibility index (Phi) is 5.36. The van der Waals surface area contributed by atoms with E-state index < -0.39 is 17.9 Å². The highest BCUT2D eigenvalue weighted by molar-refractivity contribution is 6.01. The van der Waals surface area contributed by atoms with Crippen LogP contribution in [0.3, 0.4) is 0 Å². The van der Waals surface area contributed by atoms with Crippen LogP contribution in [0.2, 0.25) is 0 Å². The van der Waals surface area contributed by atoms with E-state index in [2.05, 4.69) is 0 Å². The maximum Gasteiger partial charge on any atom is 0.249 e. The Morgan fingerprint density at radius 2 is 2.13 bits per heavy atom. The summed E-state index contributed by atoms with van der Waals surface area (Å²) in [7, 11) is 1.60. The van der Waals surface area contributed by atoms with Crippen molar-refractivity contribution in [2.75, 3.05) is 18.5 Å². The van der Waals surface area contributed by atoms with Crippen molar-refractivity contribution in [2.45, 2.75) is 38.8 Å². The Hall–Kier alpha value is -1.95. The number of para-hydroxylation sites is 1. The topological polar surface area (TPSA) is 66.6 Å². The summed E-state index contributed by atoms with van der Waals surface area (Å²) in [4.78, 5) is 27.9. The number of halogens is 1. The minimum absolute atomic E-state index is 0.0455. The fraction of sp³-hybridized carbons (Fsp3) is 0.529. The first kappa shape index (κ1) is 17.4. The van der Waals surface area contributed by atoms with Crippen LogP contribution >= 0.6 is 0 Å². The lowest BCUT2D eigenvalue weighted by atomic mass is 9.98. The van der Waals surface area contributed by atoms with Crippen LogP contribution in [-0.2, 0) is 9.59 Å². The summed E-state index contributed by atoms with van der Waals surface area (Å²) in [5.41, 5.74) is 6.24. The van der Waals surface area contributed by atoms with E-state index in [1.807, 2.05) is 13.8 Å². The van der Waals surface area contributed by atoms with Gasteiger partial charge < -0.3 is 15.5 Å². The van der Waals surface area contributed by atoms with E-state index in [4.69, 9.17) is 5.73 Å². The third kappa shape index (κ3) is 3.37. The Morgan fingerprint density at radius 3 is 2.74 bits per heavy atom. The van der Waals surface area contributed by atoms with Gasteiger partial charge in [-0.05, 0) is 24.5 Å². The van der Waals surface area contributed by atoms with Crippen LogP contribution in [0.4, 0.5) is 10.1 Å². The number of likely N-dealkylation sites (N-methyl/N-ethyl adjacent to an activating group) is 1. The van der Waals surface area contributed by atoms with Gasteiger partial charge in [0.2, 0.25) is 11.8 Å². The van der Waals surface area contributed by atoms with Gasteiger partial charge in [0.15, 0.2) is 0 Å². The second kappa shape index (κ2) is 7.08. The summed E-state index contributed by atoms with van der Waals surface area (Å²) in [6, 6.07) is 4.95. The molecule has 5 nitrogen and oxygen atoms in total. The predicted octanol–water partition coefficient (Wildman–Crippen LogP) is 1.76. The summed E-state index contributed by atoms with van der Waals surface area (Å²) in [5, 5.41) is 0. The fourth-order valence-corrected chi connectivity index (χ4v) is 2.82. The number of nitrogens with two attached hydrogens (primary N) is 1. The van der Waals surface area contributed by atoms with Gasteiger partial charge >= 0.3 is 0 Å². The number of anilines is 1. The molecule has 1 aliphatic heterocycles. The van der Waals surface area contributed by atoms with Crippen LogP contribution in [0.15, 0.2) is 24.3 Å². The van der Waals surface area contributed by atoms with Crippen LogP contribution in [-0.4, -0.2) is 42.4 Å². The molecule has 2 N–H and O–H groups in total. The maximum atomic E-state index is 13.9. The number of carbonyl (C=O) groups excluding carboxylic acids is 2. The van der Waals surface area contributed by atoms with Crippen molar-refractivity contribution in [1.29, 1.82) is 0 Å². The number of amides is 2. The van der Waals surface area contributed by atoms with E-state index in [-0.39, 0.29) is 23.4 Å². The van der Waals surface area contributed by atoms with Crippen molar-refractivity contribution in [3.8, 4) is 0 Å². The highest BCUT2D eigenvalue weighted by atomic mass is 19.1. The zero-order valence-electron chi connectivity index (χ0n) is 13.8. The lowest BCUT2D eigenvalue weighted by Gasteiger charge is -2.28. The van der Waals surface area contributed by atoms with Gasteiger partial charge in [0.25, 0.3) is 0 Å². The molecule has 1 aromatic rings. The summed E-state index contributed by atoms with van der Waals surface area (Å²) in [5.74, 6) is -0.897. The molecule has 1 fully saturated rings. The molecule has 1 heterocycles. The Labute approximate surface area is 136 Å². The molecule has 0 radical (unpaired) electrons. The van der Waals surface area contributed by atoms with Crippen molar-refractivity contribution < 1.29 is 14.0 Å². The third-order valence-corrected chi connectivity index (χ3v) is 4.68. The summed E-state index contributed by atoms with van der Waals surface area (Å²) in [6.07, 6.45) is 1.27. The number of rotatable bonds is 5. The monoisotopic (exact) mass is 321 g/mol. The summed E-state index contributed by atoms with van der Waals surface area (Å²) in [6.45, 7) is 4.28. The van der Waals surface area contributed by atoms with E-state index in [0.29, 0.717) is 13.0 Å². The first-order valence-electron chi connectivity index (χ1n) is 7.96. The largest absolute Gasteiger partial charge is 0.332 e. The number of carbonyl (C=O) groups is 2. The normalized spacial score (nSPS) is 20.5. The lowest BCUT2D eigenvalue weighted by Crippen LogP contribution is -2.51. The molecule has 0 aromatic heterocycles. The van der Waals surface area contributed by atoms with E-state index in [1.54, 1.807) is 25.2 Å². The van der Waals surface area contributed by atoms with Gasteiger partial charge in [-0.15, -0.1) is 0 Å². The van der Waals surface area contributed by atoms with Gasteiger partial charge in [-0.3, -0.25) is 9.59 Å². The molecule has 1 aromatic carbocycles. The Morgan fingerprint density at radius 1 is 1.48 bits per heavy atom. The van der Waals surface area contributed by atoms with Gasteiger partial charge in [-0.25, -0.2) is 4.39 Å². The van der Waals surface area contributed by atoms with Crippen LogP contribution in [0, 0.1) is 11.7 Å². The van der Waals surface area contributed by atoms with Crippen molar-refractivity contribution in [3.05, 3.63) is 30.1 Å². The molecule has 0 aliphatic carbocycles. The fourth-order valence-electron chi connectivity index (χ4n) is 2.82. The van der Waals surface area contributed by atoms with Crippen molar-refractivity contribution >= 4 is 17.5 Å². The quantitative estimate of drug-likeness (QED) is 0.899. The van der Waals surface area contributed by atoms with E-state index in [0.717, 1.165) is 6.42 Å². The van der Waals surface area contributed by atoms with E-state index in [1.165, 1.54) is 15.9 Å². The molecular formula is C17H24FN3O2. The van der Waals surface area contributed by atoms with Gasteiger partial charge in [0.1, 0.15) is 11.9 Å². The molecule has 0 bridgehead atoms. The molecule has 126 valence electrons. The third-order valence-electron chi connectivity index (χ3n) is 4.68. The average Bonchev–Trinajstić information content (AvgIpc) is 2.93. The summed E-state index contributed by atoms with van der Waals surface area (Å²) < 4.78 is 13.9. The average molecular weight is 321 g/mol. The number of benzene rings is 1. The zero-order valence-corrected chi connectivity index (χ0v) is 13.8. The molecule has 2 amide bonds. The van der Waals surface area contributed by atoms with Crippen LogP contribution in [0.5, 0.6) is 0 Å². The molecule has 0 spiro atoms. The molecule has 3 unspecified atom stereocenters. The van der Waals surface area contributed by atoms with E-state index >= 15 is 0 Å². The van der Waals surface area contributed by atoms with Crippen LogP contribution in [0.25, 0.3) is 0 Å². The molecular weight excluding hydrogens is 297 g/mol. The van der Waals surface area contributed by atoms with Crippen LogP contribution in [0.1, 0.15) is 26.7 Å². The van der Waals surface area contributed by atoms with E-state index in [9.17, 15) is 14.0 Å². The lowest BCUT2D eigenvalue weighted by molar-refractivity contribution is -0.138. The number of hydrogen-bond donors (Lipinski definition) is 1. The standard InChI is InChI=1S/C17H24FN3O2/c1-4-11(2)15(19)17(23)20(3)14-9-10-21(16(14)22)13-8-6-5-7-12(13)18/h5-8,11,14-15H,4,9-10,19H2,1-3H3. The number of nitrogens with zero attached hydrogens (tertiary/aromatic N) is 2. The zero-order chi connectivity index (χ0) is 17.1. The SMILES string of the molecule is CCC(C)C(N)C(=O)N(C)C1CCN(c2ccccc2F)C1=O. The smallest absolute Gasteiger partial charge is 0.249 e. The van der Waals surface area contributed by atoms with Gasteiger partial charge in [0, 0.05) is 13.6 Å². The minimum Gasteiger partial charge on any atom is -0.332 e. The van der Waals surface area contributed by atoms with Gasteiger partial charge in [-0.2, -0.15) is 0 Å². The maximum absolute atomic E-state index is 13.9. The number of hydrogen-bond acceptors (Lipinski definition) is 3. The Balaban J connectivity index is 2.12. The molecule has 1 aliphatic rings. The van der Waals surface area contributed by atoms with Crippen LogP contribution < -0.4 is 10.6 Å². The molecule has 6 heteroatoms. The van der Waals surface area contributed by atoms with Crippen molar-refractivity contribution in [3.63, 3.8) is 0 Å². The second-order valence-electron chi connectivity index (χ2n) is 6.11. The van der Waals surface area contributed by atoms with Gasteiger partial charge in [0.05, 0.1) is 11.7 Å². The first-order valence-corrected chi connectivity index (χ1v) is 7.96. The molecule has 1 saturated heterocycles. The molecule has 3 atom stereocenters. The minimum atomic E-state index is -0.625. The highest BCUT2D eigenvalue weighted by Gasteiger charge is 2.39. The second-order valence-corrected chi connectivity index (χ2v) is 6.11. The first-order chi connectivity index (χ1) is 10.9. The summed E-state index contributed by atoms with van der Waals surface area (Å²) >= 11 is 0. The van der Waals surface area contributed by atoms with Crippen molar-refractivity contribution in [1.82, 2.24) is 4.90 Å². The highest BCUT2D eigenvalue weighted by Crippen LogP contribution is 2.26. The molecule has 0 saturated carbocycles. The Bertz CT molecular complexity index is 593. The molecule has 2 rings (SSSR count). The molecule has 23 heavy (non-hydrogen) atoms.